The van der Waals surface area contributed by atoms with Gasteiger partial charge in [0.05, 0.1) is 5.92 Å². The first-order valence-corrected chi connectivity index (χ1v) is 9.36. The number of hydrogen-bond acceptors (Lipinski definition) is 7. The minimum Gasteiger partial charge on any atom is -0.459 e. The fourth-order valence-electron chi connectivity index (χ4n) is 2.78. The average molecular weight is 393 g/mol. The molecule has 1 heterocycles. The maximum Gasteiger partial charge on any atom is 0.391 e. The lowest BCUT2D eigenvalue weighted by Crippen LogP contribution is -2.36. The van der Waals surface area contributed by atoms with Gasteiger partial charge in [-0.15, -0.1) is 0 Å². The molecule has 0 amide bonds. The third-order valence-electron chi connectivity index (χ3n) is 4.18. The molecule has 1 saturated heterocycles. The van der Waals surface area contributed by atoms with Gasteiger partial charge in [0.2, 0.25) is 5.79 Å². The maximum absolute atomic E-state index is 12.6. The Morgan fingerprint density at radius 1 is 1.19 bits per heavy atom. The van der Waals surface area contributed by atoms with Gasteiger partial charge in [0, 0.05) is 12.8 Å². The molecule has 2 atom stereocenters. The summed E-state index contributed by atoms with van der Waals surface area (Å²) < 4.78 is 10.6. The summed E-state index contributed by atoms with van der Waals surface area (Å²) in [6.07, 6.45) is 3.49. The van der Waals surface area contributed by atoms with Crippen molar-refractivity contribution in [2.45, 2.75) is 90.6 Å². The zero-order valence-corrected chi connectivity index (χ0v) is 16.9. The number of carbonyl (C=O) groups is 3. The first-order chi connectivity index (χ1) is 12.0. The Hall–Kier alpha value is -1.18. The molecule has 1 aliphatic heterocycles. The van der Waals surface area contributed by atoms with Gasteiger partial charge in [-0.2, -0.15) is 9.78 Å². The van der Waals surface area contributed by atoms with Gasteiger partial charge in [0.15, 0.2) is 0 Å². The van der Waals surface area contributed by atoms with Crippen LogP contribution in [0.3, 0.4) is 0 Å². The lowest BCUT2D eigenvalue weighted by Gasteiger charge is -2.30. The molecule has 26 heavy (non-hydrogen) atoms. The molecular formula is C18H29ClO7. The molecule has 0 aliphatic carbocycles. The van der Waals surface area contributed by atoms with Crippen molar-refractivity contribution in [1.82, 2.24) is 0 Å². The topological polar surface area (TPSA) is 94.7 Å². The van der Waals surface area contributed by atoms with Crippen LogP contribution in [0.1, 0.15) is 73.1 Å². The fraction of sp³-hybridized carbons (Fsp3) is 0.833. The first kappa shape index (κ1) is 22.9. The molecule has 1 fully saturated rings. The second-order valence-electron chi connectivity index (χ2n) is 7.55. The minimum atomic E-state index is -1.18. The second kappa shape index (κ2) is 9.67. The summed E-state index contributed by atoms with van der Waals surface area (Å²) in [7, 11) is 0. The molecule has 0 aromatic heterocycles. The molecule has 0 bridgehead atoms. The summed E-state index contributed by atoms with van der Waals surface area (Å²) in [6, 6.07) is 0. The molecule has 0 spiro atoms. The Labute approximate surface area is 159 Å². The van der Waals surface area contributed by atoms with E-state index in [0.717, 1.165) is 19.3 Å². The summed E-state index contributed by atoms with van der Waals surface area (Å²) in [6.45, 7) is 8.99. The van der Waals surface area contributed by atoms with E-state index in [1.54, 1.807) is 20.8 Å². The largest absolute Gasteiger partial charge is 0.459 e. The number of esters is 2. The van der Waals surface area contributed by atoms with Crippen molar-refractivity contribution < 1.29 is 33.6 Å². The molecule has 0 saturated carbocycles. The predicted octanol–water partition coefficient (Wildman–Crippen LogP) is 3.66. The summed E-state index contributed by atoms with van der Waals surface area (Å²) in [4.78, 5) is 44.4. The molecule has 7 nitrogen and oxygen atoms in total. The van der Waals surface area contributed by atoms with Crippen LogP contribution in [0, 0.1) is 5.92 Å². The molecule has 1 aliphatic rings. The van der Waals surface area contributed by atoms with E-state index in [-0.39, 0.29) is 18.3 Å². The quantitative estimate of drug-likeness (QED) is 0.164. The fourth-order valence-corrected chi connectivity index (χ4v) is 2.83. The normalized spacial score (nSPS) is 17.9. The maximum atomic E-state index is 12.6. The van der Waals surface area contributed by atoms with Crippen LogP contribution in [0.5, 0.6) is 0 Å². The van der Waals surface area contributed by atoms with Gasteiger partial charge in [-0.25, -0.2) is 4.79 Å². The van der Waals surface area contributed by atoms with E-state index in [0.29, 0.717) is 12.8 Å². The van der Waals surface area contributed by atoms with E-state index in [1.807, 2.05) is 6.92 Å². The molecule has 8 heteroatoms. The summed E-state index contributed by atoms with van der Waals surface area (Å²) in [5.41, 5.74) is -0.854. The standard InChI is InChI=1S/C18H29ClO7/c1-6-7-8-13(9-10-18(5)25-26-18)15(21)24-17(3,4)11-12(2)23-16(22)14(19)20/h12-13H,6-11H2,1-5H3. The Kier molecular flexibility index (Phi) is 8.50. The Balaban J connectivity index is 2.57. The Bertz CT molecular complexity index is 514. The highest BCUT2D eigenvalue weighted by atomic mass is 35.5. The van der Waals surface area contributed by atoms with Crippen LogP contribution in [0.4, 0.5) is 0 Å². The van der Waals surface area contributed by atoms with Gasteiger partial charge >= 0.3 is 17.2 Å². The van der Waals surface area contributed by atoms with Crippen LogP contribution < -0.4 is 0 Å². The minimum absolute atomic E-state index is 0.249. The highest BCUT2D eigenvalue weighted by Crippen LogP contribution is 2.36. The number of rotatable bonds is 12. The number of halogens is 1. The molecule has 0 N–H and O–H groups in total. The third-order valence-corrected chi connectivity index (χ3v) is 4.33. The first-order valence-electron chi connectivity index (χ1n) is 8.98. The van der Waals surface area contributed by atoms with Crippen molar-refractivity contribution in [1.29, 1.82) is 0 Å². The van der Waals surface area contributed by atoms with E-state index in [4.69, 9.17) is 30.8 Å². The zero-order valence-electron chi connectivity index (χ0n) is 16.1. The Morgan fingerprint density at radius 3 is 2.31 bits per heavy atom. The van der Waals surface area contributed by atoms with Crippen LogP contribution >= 0.6 is 11.6 Å². The van der Waals surface area contributed by atoms with Crippen molar-refractivity contribution in [2.24, 2.45) is 5.92 Å². The predicted molar refractivity (Wildman–Crippen MR) is 94.0 cm³/mol. The number of ether oxygens (including phenoxy) is 2. The van der Waals surface area contributed by atoms with E-state index in [2.05, 4.69) is 6.92 Å². The van der Waals surface area contributed by atoms with E-state index in [1.165, 1.54) is 0 Å². The van der Waals surface area contributed by atoms with Gasteiger partial charge in [0.25, 0.3) is 0 Å². The summed E-state index contributed by atoms with van der Waals surface area (Å²) in [5.74, 6) is -2.24. The monoisotopic (exact) mass is 392 g/mol. The van der Waals surface area contributed by atoms with Crippen LogP contribution in [-0.4, -0.2) is 34.7 Å². The summed E-state index contributed by atoms with van der Waals surface area (Å²) in [5, 5.41) is -1.18. The van der Waals surface area contributed by atoms with E-state index in [9.17, 15) is 14.4 Å². The highest BCUT2D eigenvalue weighted by Gasteiger charge is 2.44. The SMILES string of the molecule is CCCCC(CCC1(C)OO1)C(=O)OC(C)(C)CC(C)OC(=O)C(=O)Cl. The zero-order chi connectivity index (χ0) is 20.0. The molecule has 1 rings (SSSR count). The molecule has 2 unspecified atom stereocenters. The van der Waals surface area contributed by atoms with Gasteiger partial charge < -0.3 is 9.47 Å². The van der Waals surface area contributed by atoms with Gasteiger partial charge in [0.1, 0.15) is 11.7 Å². The Morgan fingerprint density at radius 2 is 1.81 bits per heavy atom. The third kappa shape index (κ3) is 8.47. The van der Waals surface area contributed by atoms with Crippen LogP contribution in [-0.2, 0) is 33.6 Å². The lowest BCUT2D eigenvalue weighted by molar-refractivity contribution is -0.168. The van der Waals surface area contributed by atoms with Crippen LogP contribution in [0.25, 0.3) is 0 Å². The van der Waals surface area contributed by atoms with Crippen LogP contribution in [0.15, 0.2) is 0 Å². The highest BCUT2D eigenvalue weighted by molar-refractivity contribution is 6.80. The van der Waals surface area contributed by atoms with Gasteiger partial charge in [-0.3, -0.25) is 9.59 Å². The second-order valence-corrected chi connectivity index (χ2v) is 7.90. The number of hydrogen-bond donors (Lipinski definition) is 0. The molecule has 0 radical (unpaired) electrons. The smallest absolute Gasteiger partial charge is 0.391 e. The van der Waals surface area contributed by atoms with E-state index < -0.39 is 28.7 Å². The van der Waals surface area contributed by atoms with Gasteiger partial charge in [-0.05, 0) is 52.1 Å². The van der Waals surface area contributed by atoms with E-state index >= 15 is 0 Å². The van der Waals surface area contributed by atoms with Crippen molar-refractivity contribution in [2.75, 3.05) is 0 Å². The lowest BCUT2D eigenvalue weighted by atomic mass is 9.94. The van der Waals surface area contributed by atoms with Gasteiger partial charge in [-0.1, -0.05) is 19.8 Å². The summed E-state index contributed by atoms with van der Waals surface area (Å²) >= 11 is 5.08. The van der Waals surface area contributed by atoms with Crippen molar-refractivity contribution >= 4 is 28.8 Å². The molecular weight excluding hydrogens is 364 g/mol. The molecule has 150 valence electrons. The molecule has 0 aromatic rings. The van der Waals surface area contributed by atoms with Crippen LogP contribution in [0.2, 0.25) is 0 Å². The average Bonchev–Trinajstić information content (AvgIpc) is 3.23. The molecule has 0 aromatic carbocycles. The number of unbranched alkanes of at least 4 members (excludes halogenated alkanes) is 1. The van der Waals surface area contributed by atoms with Crippen molar-refractivity contribution in [3.63, 3.8) is 0 Å². The van der Waals surface area contributed by atoms with Crippen molar-refractivity contribution in [3.05, 3.63) is 0 Å². The number of carbonyl (C=O) groups excluding carboxylic acids is 3. The van der Waals surface area contributed by atoms with Crippen molar-refractivity contribution in [3.8, 4) is 0 Å².